The standard InChI is InChI=1S/C10H12N2O.C9H10O/c1-13-9-4-2-8(3-5-9)10-6-7-11-12-10;1-3-8-4-6-9(10-2)7-5-8/h2-7,10-12H,1H3;3-7H,1H2,2H3. The predicted octanol–water partition coefficient (Wildman–Crippen LogP) is 3.70. The highest BCUT2D eigenvalue weighted by atomic mass is 16.5. The van der Waals surface area contributed by atoms with Gasteiger partial charge in [-0.1, -0.05) is 36.9 Å². The van der Waals surface area contributed by atoms with Crippen molar-refractivity contribution in [2.75, 3.05) is 14.2 Å². The maximum absolute atomic E-state index is 5.08. The Kier molecular flexibility index (Phi) is 6.27. The third kappa shape index (κ3) is 4.90. The van der Waals surface area contributed by atoms with Gasteiger partial charge in [0.1, 0.15) is 11.5 Å². The minimum Gasteiger partial charge on any atom is -0.497 e. The van der Waals surface area contributed by atoms with Gasteiger partial charge in [-0.3, -0.25) is 0 Å². The SMILES string of the molecule is C=Cc1ccc(OC)cc1.COc1ccc(C2C=CNN2)cc1. The Morgan fingerprint density at radius 2 is 1.48 bits per heavy atom. The first kappa shape index (κ1) is 16.6. The van der Waals surface area contributed by atoms with Gasteiger partial charge >= 0.3 is 0 Å². The van der Waals surface area contributed by atoms with Gasteiger partial charge in [-0.05, 0) is 41.5 Å². The summed E-state index contributed by atoms with van der Waals surface area (Å²) >= 11 is 0. The molecule has 4 heteroatoms. The summed E-state index contributed by atoms with van der Waals surface area (Å²) in [7, 11) is 3.33. The number of benzene rings is 2. The van der Waals surface area contributed by atoms with Crippen molar-refractivity contribution in [2.45, 2.75) is 6.04 Å². The number of hydrogen-bond acceptors (Lipinski definition) is 4. The Morgan fingerprint density at radius 1 is 0.913 bits per heavy atom. The van der Waals surface area contributed by atoms with E-state index >= 15 is 0 Å². The van der Waals surface area contributed by atoms with Gasteiger partial charge in [0.2, 0.25) is 0 Å². The highest BCUT2D eigenvalue weighted by Gasteiger charge is 2.09. The smallest absolute Gasteiger partial charge is 0.118 e. The molecule has 1 atom stereocenters. The molecule has 0 aromatic heterocycles. The van der Waals surface area contributed by atoms with E-state index in [1.807, 2.05) is 54.7 Å². The summed E-state index contributed by atoms with van der Waals surface area (Å²) in [5.74, 6) is 1.77. The second-order valence-electron chi connectivity index (χ2n) is 4.88. The van der Waals surface area contributed by atoms with Crippen LogP contribution in [0.3, 0.4) is 0 Å². The lowest BCUT2D eigenvalue weighted by molar-refractivity contribution is 0.414. The summed E-state index contributed by atoms with van der Waals surface area (Å²) in [5.41, 5.74) is 8.38. The van der Waals surface area contributed by atoms with Crippen LogP contribution in [0.15, 0.2) is 67.4 Å². The average Bonchev–Trinajstić information content (AvgIpc) is 3.17. The molecule has 1 aliphatic heterocycles. The van der Waals surface area contributed by atoms with Crippen LogP contribution in [-0.4, -0.2) is 14.2 Å². The van der Waals surface area contributed by atoms with Gasteiger partial charge in [0.15, 0.2) is 0 Å². The van der Waals surface area contributed by atoms with Crippen molar-refractivity contribution in [2.24, 2.45) is 0 Å². The van der Waals surface area contributed by atoms with Gasteiger partial charge in [-0.2, -0.15) is 0 Å². The number of nitrogens with one attached hydrogen (secondary N) is 2. The number of hydrogen-bond donors (Lipinski definition) is 2. The second kappa shape index (κ2) is 8.66. The zero-order chi connectivity index (χ0) is 16.5. The Hall–Kier alpha value is -2.72. The quantitative estimate of drug-likeness (QED) is 0.904. The Morgan fingerprint density at radius 3 is 1.91 bits per heavy atom. The number of rotatable bonds is 4. The van der Waals surface area contributed by atoms with Gasteiger partial charge in [-0.15, -0.1) is 0 Å². The molecule has 0 aliphatic carbocycles. The summed E-state index contributed by atoms with van der Waals surface area (Å²) < 4.78 is 10.1. The van der Waals surface area contributed by atoms with E-state index in [4.69, 9.17) is 9.47 Å². The van der Waals surface area contributed by atoms with Crippen molar-refractivity contribution in [3.63, 3.8) is 0 Å². The monoisotopic (exact) mass is 310 g/mol. The lowest BCUT2D eigenvalue weighted by Crippen LogP contribution is -2.23. The van der Waals surface area contributed by atoms with Crippen molar-refractivity contribution in [3.8, 4) is 11.5 Å². The van der Waals surface area contributed by atoms with Crippen molar-refractivity contribution < 1.29 is 9.47 Å². The van der Waals surface area contributed by atoms with Crippen LogP contribution in [-0.2, 0) is 0 Å². The summed E-state index contributed by atoms with van der Waals surface area (Å²) in [6.07, 6.45) is 5.77. The van der Waals surface area contributed by atoms with Crippen LogP contribution in [0.1, 0.15) is 17.2 Å². The molecule has 0 saturated carbocycles. The highest BCUT2D eigenvalue weighted by Crippen LogP contribution is 2.19. The Bertz CT molecular complexity index is 633. The third-order valence-electron chi connectivity index (χ3n) is 3.44. The second-order valence-corrected chi connectivity index (χ2v) is 4.88. The maximum Gasteiger partial charge on any atom is 0.118 e. The van der Waals surface area contributed by atoms with E-state index in [0.29, 0.717) is 0 Å². The molecule has 2 N–H and O–H groups in total. The summed E-state index contributed by atoms with van der Waals surface area (Å²) in [4.78, 5) is 0. The van der Waals surface area contributed by atoms with Gasteiger partial charge in [0.05, 0.1) is 20.3 Å². The van der Waals surface area contributed by atoms with Crippen LogP contribution in [0.2, 0.25) is 0 Å². The molecule has 0 radical (unpaired) electrons. The summed E-state index contributed by atoms with van der Waals surface area (Å²) in [6, 6.07) is 16.0. The average molecular weight is 310 g/mol. The molecule has 23 heavy (non-hydrogen) atoms. The minimum atomic E-state index is 0.269. The van der Waals surface area contributed by atoms with E-state index < -0.39 is 0 Å². The van der Waals surface area contributed by atoms with Crippen LogP contribution in [0.25, 0.3) is 6.08 Å². The first-order valence-electron chi connectivity index (χ1n) is 7.35. The molecule has 0 bridgehead atoms. The fraction of sp³-hybridized carbons (Fsp3) is 0.158. The first-order chi connectivity index (χ1) is 11.3. The van der Waals surface area contributed by atoms with E-state index in [2.05, 4.69) is 23.5 Å². The van der Waals surface area contributed by atoms with Crippen LogP contribution >= 0.6 is 0 Å². The molecule has 1 heterocycles. The predicted molar refractivity (Wildman–Crippen MR) is 94.2 cm³/mol. The molecule has 2 aromatic carbocycles. The van der Waals surface area contributed by atoms with Crippen LogP contribution < -0.4 is 20.3 Å². The van der Waals surface area contributed by atoms with Crippen molar-refractivity contribution in [3.05, 3.63) is 78.5 Å². The highest BCUT2D eigenvalue weighted by molar-refractivity contribution is 5.48. The molecule has 1 aliphatic rings. The van der Waals surface area contributed by atoms with Crippen molar-refractivity contribution >= 4 is 6.08 Å². The summed E-state index contributed by atoms with van der Waals surface area (Å²) in [6.45, 7) is 3.65. The molecule has 0 spiro atoms. The van der Waals surface area contributed by atoms with Crippen LogP contribution in [0, 0.1) is 0 Å². The lowest BCUT2D eigenvalue weighted by Gasteiger charge is -2.09. The molecule has 0 fully saturated rings. The molecule has 2 aromatic rings. The zero-order valence-corrected chi connectivity index (χ0v) is 13.5. The zero-order valence-electron chi connectivity index (χ0n) is 13.5. The van der Waals surface area contributed by atoms with E-state index in [-0.39, 0.29) is 6.04 Å². The fourth-order valence-corrected chi connectivity index (χ4v) is 2.08. The Balaban J connectivity index is 0.000000174. The van der Waals surface area contributed by atoms with Crippen molar-refractivity contribution in [1.82, 2.24) is 10.9 Å². The van der Waals surface area contributed by atoms with E-state index in [1.54, 1.807) is 20.3 Å². The largest absolute Gasteiger partial charge is 0.497 e. The number of hydrazine groups is 1. The molecular formula is C19H22N2O2. The molecule has 4 nitrogen and oxygen atoms in total. The van der Waals surface area contributed by atoms with E-state index in [9.17, 15) is 0 Å². The van der Waals surface area contributed by atoms with Crippen molar-refractivity contribution in [1.29, 1.82) is 0 Å². The third-order valence-corrected chi connectivity index (χ3v) is 3.44. The lowest BCUT2D eigenvalue weighted by atomic mass is 10.1. The van der Waals surface area contributed by atoms with E-state index in [0.717, 1.165) is 17.1 Å². The maximum atomic E-state index is 5.08. The Labute approximate surface area is 137 Å². The number of ether oxygens (including phenoxy) is 2. The fourth-order valence-electron chi connectivity index (χ4n) is 2.08. The molecule has 0 amide bonds. The summed E-state index contributed by atoms with van der Waals surface area (Å²) in [5, 5.41) is 0. The van der Waals surface area contributed by atoms with Gasteiger partial charge in [0.25, 0.3) is 0 Å². The molecule has 0 saturated heterocycles. The van der Waals surface area contributed by atoms with Crippen LogP contribution in [0.5, 0.6) is 11.5 Å². The topological polar surface area (TPSA) is 42.5 Å². The molecule has 1 unspecified atom stereocenters. The minimum absolute atomic E-state index is 0.269. The normalized spacial score (nSPS) is 15.1. The molecular weight excluding hydrogens is 288 g/mol. The van der Waals surface area contributed by atoms with Gasteiger partial charge in [-0.25, -0.2) is 5.43 Å². The van der Waals surface area contributed by atoms with E-state index in [1.165, 1.54) is 5.56 Å². The van der Waals surface area contributed by atoms with Crippen LogP contribution in [0.4, 0.5) is 0 Å². The number of methoxy groups -OCH3 is 2. The molecule has 3 rings (SSSR count). The van der Waals surface area contributed by atoms with Gasteiger partial charge in [0, 0.05) is 6.20 Å². The first-order valence-corrected chi connectivity index (χ1v) is 7.35. The van der Waals surface area contributed by atoms with Gasteiger partial charge < -0.3 is 14.9 Å². The molecule has 120 valence electrons.